The molecule has 0 rings (SSSR count). The summed E-state index contributed by atoms with van der Waals surface area (Å²) >= 11 is 2.98. The molecule has 0 aromatic carbocycles. The average Bonchev–Trinajstić information content (AvgIpc) is 1.64. The van der Waals surface area contributed by atoms with Crippen LogP contribution in [0.3, 0.4) is 0 Å². The topological polar surface area (TPSA) is 0 Å². The molecule has 0 nitrogen and oxygen atoms in total. The molecule has 56 valence electrons. The van der Waals surface area contributed by atoms with Crippen LogP contribution < -0.4 is 0 Å². The van der Waals surface area contributed by atoms with E-state index in [-0.39, 0.29) is 12.8 Å². The van der Waals surface area contributed by atoms with Gasteiger partial charge in [-0.05, 0) is 0 Å². The van der Waals surface area contributed by atoms with E-state index < -0.39 is 5.92 Å². The molecule has 0 aromatic heterocycles. The molecule has 3 heteroatoms. The smallest absolute Gasteiger partial charge is 0.207 e. The lowest BCUT2D eigenvalue weighted by Gasteiger charge is -2.12. The van der Waals surface area contributed by atoms with Crippen LogP contribution in [0.25, 0.3) is 0 Å². The van der Waals surface area contributed by atoms with Gasteiger partial charge in [0.2, 0.25) is 5.92 Å². The average molecular weight is 201 g/mol. The highest BCUT2D eigenvalue weighted by Gasteiger charge is 2.25. The van der Waals surface area contributed by atoms with Crippen LogP contribution >= 0.6 is 15.9 Å². The lowest BCUT2D eigenvalue weighted by atomic mass is 10.1. The third-order valence-electron chi connectivity index (χ3n) is 1.08. The van der Waals surface area contributed by atoms with Crippen LogP contribution in [0, 0.1) is 0 Å². The second kappa shape index (κ2) is 4.20. The molecule has 0 unspecified atom stereocenters. The summed E-state index contributed by atoms with van der Waals surface area (Å²) in [4.78, 5) is 0. The van der Waals surface area contributed by atoms with E-state index in [4.69, 9.17) is 0 Å². The molecule has 0 N–H and O–H groups in total. The quantitative estimate of drug-likeness (QED) is 0.612. The Morgan fingerprint density at radius 2 is 1.89 bits per heavy atom. The van der Waals surface area contributed by atoms with E-state index >= 15 is 0 Å². The number of rotatable bonds is 4. The van der Waals surface area contributed by atoms with E-state index in [1.807, 2.05) is 0 Å². The first-order valence-corrected chi connectivity index (χ1v) is 4.18. The summed E-state index contributed by atoms with van der Waals surface area (Å²) in [5, 5.41) is 0.389. The van der Waals surface area contributed by atoms with Crippen LogP contribution in [0.4, 0.5) is 8.78 Å². The van der Waals surface area contributed by atoms with E-state index in [0.29, 0.717) is 11.8 Å². The molecule has 0 aliphatic heterocycles. The second-order valence-electron chi connectivity index (χ2n) is 2.04. The SMILES string of the molecule is CCCC(F)(F)CCBr. The van der Waals surface area contributed by atoms with Gasteiger partial charge in [0, 0.05) is 18.2 Å². The molecular formula is C6H11BrF2. The fraction of sp³-hybridized carbons (Fsp3) is 1.00. The first-order valence-electron chi connectivity index (χ1n) is 3.06. The minimum Gasteiger partial charge on any atom is -0.207 e. The van der Waals surface area contributed by atoms with Gasteiger partial charge in [-0.1, -0.05) is 29.3 Å². The van der Waals surface area contributed by atoms with Gasteiger partial charge in [0.15, 0.2) is 0 Å². The Labute approximate surface area is 62.8 Å². The van der Waals surface area contributed by atoms with Crippen molar-refractivity contribution in [3.8, 4) is 0 Å². The molecule has 0 amide bonds. The normalized spacial score (nSPS) is 12.0. The van der Waals surface area contributed by atoms with Crippen LogP contribution in [0.15, 0.2) is 0 Å². The van der Waals surface area contributed by atoms with Crippen LogP contribution in [0.5, 0.6) is 0 Å². The lowest BCUT2D eigenvalue weighted by Crippen LogP contribution is -2.15. The van der Waals surface area contributed by atoms with E-state index in [0.717, 1.165) is 0 Å². The first-order chi connectivity index (χ1) is 4.12. The zero-order valence-electron chi connectivity index (χ0n) is 5.46. The van der Waals surface area contributed by atoms with Crippen molar-refractivity contribution >= 4 is 15.9 Å². The Kier molecular flexibility index (Phi) is 4.36. The Morgan fingerprint density at radius 3 is 2.22 bits per heavy atom. The van der Waals surface area contributed by atoms with Crippen molar-refractivity contribution in [1.82, 2.24) is 0 Å². The Balaban J connectivity index is 3.43. The van der Waals surface area contributed by atoms with Crippen molar-refractivity contribution in [2.45, 2.75) is 32.1 Å². The third-order valence-corrected chi connectivity index (χ3v) is 1.47. The first kappa shape index (κ1) is 9.34. The summed E-state index contributed by atoms with van der Waals surface area (Å²) in [5.74, 6) is -2.45. The molecule has 0 aliphatic rings. The van der Waals surface area contributed by atoms with Crippen LogP contribution in [-0.2, 0) is 0 Å². The van der Waals surface area contributed by atoms with Crippen LogP contribution in [0.1, 0.15) is 26.2 Å². The minimum absolute atomic E-state index is 0.0125. The van der Waals surface area contributed by atoms with Gasteiger partial charge >= 0.3 is 0 Å². The number of hydrogen-bond donors (Lipinski definition) is 0. The molecule has 0 atom stereocenters. The molecule has 0 radical (unpaired) electrons. The van der Waals surface area contributed by atoms with Gasteiger partial charge in [-0.2, -0.15) is 0 Å². The highest BCUT2D eigenvalue weighted by molar-refractivity contribution is 9.09. The molecule has 0 spiro atoms. The zero-order chi connectivity index (χ0) is 7.33. The maximum atomic E-state index is 12.4. The molecule has 0 fully saturated rings. The number of halogens is 3. The molecular weight excluding hydrogens is 190 g/mol. The zero-order valence-corrected chi connectivity index (χ0v) is 7.05. The summed E-state index contributed by atoms with van der Waals surface area (Å²) < 4.78 is 24.8. The molecule has 0 heterocycles. The van der Waals surface area contributed by atoms with E-state index in [1.165, 1.54) is 0 Å². The van der Waals surface area contributed by atoms with Crippen molar-refractivity contribution in [2.24, 2.45) is 0 Å². The lowest BCUT2D eigenvalue weighted by molar-refractivity contribution is -0.0104. The predicted octanol–water partition coefficient (Wildman–Crippen LogP) is 3.21. The summed E-state index contributed by atoms with van der Waals surface area (Å²) in [6.45, 7) is 1.77. The van der Waals surface area contributed by atoms with Crippen molar-refractivity contribution in [2.75, 3.05) is 5.33 Å². The highest BCUT2D eigenvalue weighted by atomic mass is 79.9. The van der Waals surface area contributed by atoms with Crippen molar-refractivity contribution in [3.05, 3.63) is 0 Å². The van der Waals surface area contributed by atoms with Crippen LogP contribution in [0.2, 0.25) is 0 Å². The van der Waals surface area contributed by atoms with Crippen molar-refractivity contribution in [1.29, 1.82) is 0 Å². The number of alkyl halides is 3. The fourth-order valence-electron chi connectivity index (χ4n) is 0.629. The van der Waals surface area contributed by atoms with Crippen LogP contribution in [-0.4, -0.2) is 11.3 Å². The van der Waals surface area contributed by atoms with Gasteiger partial charge in [0.05, 0.1) is 0 Å². The van der Waals surface area contributed by atoms with Crippen molar-refractivity contribution in [3.63, 3.8) is 0 Å². The predicted molar refractivity (Wildman–Crippen MR) is 38.3 cm³/mol. The summed E-state index contributed by atoms with van der Waals surface area (Å²) in [6.07, 6.45) is 0.527. The third kappa shape index (κ3) is 4.82. The standard InChI is InChI=1S/C6H11BrF2/c1-2-3-6(8,9)4-5-7/h2-5H2,1H3. The molecule has 0 saturated carbocycles. The monoisotopic (exact) mass is 200 g/mol. The van der Waals surface area contributed by atoms with Gasteiger partial charge in [0.1, 0.15) is 0 Å². The van der Waals surface area contributed by atoms with Crippen molar-refractivity contribution < 1.29 is 8.78 Å². The minimum atomic E-state index is -2.45. The molecule has 9 heavy (non-hydrogen) atoms. The van der Waals surface area contributed by atoms with Gasteiger partial charge in [-0.3, -0.25) is 0 Å². The molecule has 0 saturated heterocycles. The maximum Gasteiger partial charge on any atom is 0.248 e. The molecule has 0 bridgehead atoms. The molecule has 0 aliphatic carbocycles. The van der Waals surface area contributed by atoms with Gasteiger partial charge < -0.3 is 0 Å². The van der Waals surface area contributed by atoms with Gasteiger partial charge in [-0.25, -0.2) is 8.78 Å². The van der Waals surface area contributed by atoms with E-state index in [9.17, 15) is 8.78 Å². The Morgan fingerprint density at radius 1 is 1.33 bits per heavy atom. The molecule has 0 aromatic rings. The largest absolute Gasteiger partial charge is 0.248 e. The highest BCUT2D eigenvalue weighted by Crippen LogP contribution is 2.24. The van der Waals surface area contributed by atoms with E-state index in [2.05, 4.69) is 15.9 Å². The Bertz CT molecular complexity index is 65.5. The summed E-state index contributed by atoms with van der Waals surface area (Å²) in [5.41, 5.74) is 0. The second-order valence-corrected chi connectivity index (χ2v) is 2.84. The van der Waals surface area contributed by atoms with E-state index in [1.54, 1.807) is 6.92 Å². The van der Waals surface area contributed by atoms with Gasteiger partial charge in [0.25, 0.3) is 0 Å². The summed E-state index contributed by atoms with van der Waals surface area (Å²) in [7, 11) is 0. The van der Waals surface area contributed by atoms with Gasteiger partial charge in [-0.15, -0.1) is 0 Å². The summed E-state index contributed by atoms with van der Waals surface area (Å²) in [6, 6.07) is 0. The maximum absolute atomic E-state index is 12.4. The fourth-order valence-corrected chi connectivity index (χ4v) is 1.21. The Hall–Kier alpha value is 0.340. The number of hydrogen-bond acceptors (Lipinski definition) is 0.